The molecular formula is C27H29N5O4S. The van der Waals surface area contributed by atoms with E-state index in [4.69, 9.17) is 28.2 Å². The number of rotatable bonds is 10. The highest BCUT2D eigenvalue weighted by atomic mass is 32.1. The summed E-state index contributed by atoms with van der Waals surface area (Å²) in [5.74, 6) is -2.51. The van der Waals surface area contributed by atoms with Gasteiger partial charge in [-0.25, -0.2) is 9.59 Å². The van der Waals surface area contributed by atoms with Crippen molar-refractivity contribution >= 4 is 45.9 Å². The van der Waals surface area contributed by atoms with Crippen molar-refractivity contribution in [3.05, 3.63) is 102 Å². The van der Waals surface area contributed by atoms with E-state index in [1.165, 1.54) is 22.1 Å². The molecule has 192 valence electrons. The van der Waals surface area contributed by atoms with Crippen LogP contribution in [0.3, 0.4) is 0 Å². The van der Waals surface area contributed by atoms with Gasteiger partial charge in [0.1, 0.15) is 0 Å². The number of aliphatic carboxylic acids is 2. The third kappa shape index (κ3) is 8.64. The number of carboxylic acid groups (broad SMARTS) is 2. The molecule has 0 aliphatic carbocycles. The minimum absolute atomic E-state index is 0.374. The molecule has 0 atom stereocenters. The highest BCUT2D eigenvalue weighted by Crippen LogP contribution is 2.26. The minimum Gasteiger partial charge on any atom is -0.478 e. The van der Waals surface area contributed by atoms with Crippen molar-refractivity contribution in [1.29, 1.82) is 0 Å². The molecule has 0 saturated carbocycles. The molecule has 37 heavy (non-hydrogen) atoms. The number of benzene rings is 2. The highest BCUT2D eigenvalue weighted by molar-refractivity contribution is 7.80. The van der Waals surface area contributed by atoms with Crippen LogP contribution in [-0.4, -0.2) is 43.8 Å². The Bertz CT molecular complexity index is 1330. The van der Waals surface area contributed by atoms with Crippen LogP contribution < -0.4 is 16.0 Å². The lowest BCUT2D eigenvalue weighted by Crippen LogP contribution is -2.34. The summed E-state index contributed by atoms with van der Waals surface area (Å²) in [6, 6.07) is 18.7. The number of anilines is 1. The van der Waals surface area contributed by atoms with Gasteiger partial charge in [0.2, 0.25) is 0 Å². The first-order valence-electron chi connectivity index (χ1n) is 11.5. The number of nitrogens with two attached hydrogens (primary N) is 1. The first-order valence-corrected chi connectivity index (χ1v) is 11.9. The van der Waals surface area contributed by atoms with Gasteiger partial charge in [-0.05, 0) is 66.1 Å². The fourth-order valence-corrected chi connectivity index (χ4v) is 3.84. The van der Waals surface area contributed by atoms with Gasteiger partial charge in [0.05, 0.1) is 6.54 Å². The number of aromatic amines is 2. The molecule has 0 aliphatic heterocycles. The predicted molar refractivity (Wildman–Crippen MR) is 148 cm³/mol. The lowest BCUT2D eigenvalue weighted by atomic mass is 10.1. The molecule has 2 aromatic carbocycles. The fraction of sp³-hybridized carbons (Fsp3) is 0.148. The molecule has 0 saturated heterocycles. The molecule has 4 rings (SSSR count). The summed E-state index contributed by atoms with van der Waals surface area (Å²) in [5, 5.41) is 20.7. The number of nitrogens with zero attached hydrogens (tertiary/aromatic N) is 1. The van der Waals surface area contributed by atoms with Crippen LogP contribution in [0.15, 0.2) is 85.3 Å². The van der Waals surface area contributed by atoms with Crippen LogP contribution in [-0.2, 0) is 29.1 Å². The van der Waals surface area contributed by atoms with Crippen molar-refractivity contribution in [2.24, 2.45) is 5.73 Å². The van der Waals surface area contributed by atoms with Gasteiger partial charge in [-0.15, -0.1) is 0 Å². The van der Waals surface area contributed by atoms with E-state index in [0.717, 1.165) is 30.7 Å². The Morgan fingerprint density at radius 3 is 2.35 bits per heavy atom. The van der Waals surface area contributed by atoms with Gasteiger partial charge in [-0.1, -0.05) is 30.3 Å². The number of nitrogens with one attached hydrogen (secondary N) is 3. The maximum absolute atomic E-state index is 9.55. The average molecular weight is 520 g/mol. The lowest BCUT2D eigenvalue weighted by Gasteiger charge is -2.23. The summed E-state index contributed by atoms with van der Waals surface area (Å²) < 4.78 is 0. The van der Waals surface area contributed by atoms with Gasteiger partial charge >= 0.3 is 11.9 Å². The molecule has 4 aromatic rings. The van der Waals surface area contributed by atoms with Gasteiger partial charge in [0, 0.05) is 53.9 Å². The van der Waals surface area contributed by atoms with E-state index < -0.39 is 11.9 Å². The van der Waals surface area contributed by atoms with Crippen LogP contribution in [0, 0.1) is 0 Å². The molecule has 0 bridgehead atoms. The summed E-state index contributed by atoms with van der Waals surface area (Å²) in [6.45, 7) is 2.43. The van der Waals surface area contributed by atoms with Gasteiger partial charge < -0.3 is 36.1 Å². The van der Waals surface area contributed by atoms with Crippen molar-refractivity contribution in [3.63, 3.8) is 0 Å². The Morgan fingerprint density at radius 1 is 1.00 bits per heavy atom. The van der Waals surface area contributed by atoms with Gasteiger partial charge in [0.25, 0.3) is 0 Å². The number of hydrogen-bond acceptors (Lipinski definition) is 4. The van der Waals surface area contributed by atoms with Crippen LogP contribution in [0.1, 0.15) is 16.7 Å². The quantitative estimate of drug-likeness (QED) is 0.105. The number of fused-ring (bicyclic) bond motifs is 1. The molecule has 0 unspecified atom stereocenters. The summed E-state index contributed by atoms with van der Waals surface area (Å²) in [7, 11) is 0. The topological polar surface area (TPSA) is 147 Å². The zero-order valence-corrected chi connectivity index (χ0v) is 20.9. The molecule has 2 heterocycles. The van der Waals surface area contributed by atoms with E-state index in [2.05, 4.69) is 57.9 Å². The second-order valence-corrected chi connectivity index (χ2v) is 8.53. The summed E-state index contributed by atoms with van der Waals surface area (Å²) in [5.41, 5.74) is 11.9. The van der Waals surface area contributed by atoms with Gasteiger partial charge in [-0.2, -0.15) is 0 Å². The van der Waals surface area contributed by atoms with Crippen molar-refractivity contribution in [2.75, 3.05) is 11.4 Å². The Balaban J connectivity index is 0.000000414. The second kappa shape index (κ2) is 13.6. The molecule has 0 amide bonds. The number of H-pyrrole nitrogens is 2. The second-order valence-electron chi connectivity index (χ2n) is 8.11. The van der Waals surface area contributed by atoms with Gasteiger partial charge in [-0.3, -0.25) is 0 Å². The Kier molecular flexibility index (Phi) is 10.0. The Morgan fingerprint density at radius 2 is 1.73 bits per heavy atom. The zero-order valence-electron chi connectivity index (χ0n) is 20.1. The van der Waals surface area contributed by atoms with Crippen molar-refractivity contribution in [3.8, 4) is 0 Å². The first kappa shape index (κ1) is 27.2. The van der Waals surface area contributed by atoms with Crippen LogP contribution >= 0.6 is 12.2 Å². The van der Waals surface area contributed by atoms with Crippen LogP contribution in [0.25, 0.3) is 10.9 Å². The zero-order chi connectivity index (χ0) is 26.6. The van der Waals surface area contributed by atoms with Crippen molar-refractivity contribution < 1.29 is 19.8 Å². The number of thiocarbonyl (C=S) groups is 1. The standard InChI is InChI=1S/C23H25N5S.C4H4O4/c24-23(29)28(16-17-4-2-1-3-5-17)20-6-7-22-21(12-20)19(15-27-22)9-11-26-14-18-8-10-25-13-18;5-3(6)1-2-4(7)8/h1-8,10,12-13,15,25-27H,9,11,14,16H2,(H2,24,29);1-2H,(H,5,6)(H,7,8)/b;2-1-. The minimum atomic E-state index is -1.26. The number of carboxylic acids is 2. The molecule has 0 radical (unpaired) electrons. The van der Waals surface area contributed by atoms with Crippen LogP contribution in [0.5, 0.6) is 0 Å². The molecule has 0 spiro atoms. The van der Waals surface area contributed by atoms with Crippen molar-refractivity contribution in [2.45, 2.75) is 19.5 Å². The predicted octanol–water partition coefficient (Wildman–Crippen LogP) is 3.79. The smallest absolute Gasteiger partial charge is 0.328 e. The first-order chi connectivity index (χ1) is 17.8. The maximum atomic E-state index is 9.55. The lowest BCUT2D eigenvalue weighted by molar-refractivity contribution is -0.134. The molecule has 7 N–H and O–H groups in total. The molecular weight excluding hydrogens is 490 g/mol. The summed E-state index contributed by atoms with van der Waals surface area (Å²) >= 11 is 5.34. The maximum Gasteiger partial charge on any atom is 0.328 e. The van der Waals surface area contributed by atoms with E-state index in [9.17, 15) is 9.59 Å². The number of hydrogen-bond donors (Lipinski definition) is 6. The molecule has 10 heteroatoms. The summed E-state index contributed by atoms with van der Waals surface area (Å²) in [4.78, 5) is 27.5. The number of carbonyl (C=O) groups is 2. The molecule has 9 nitrogen and oxygen atoms in total. The van der Waals surface area contributed by atoms with E-state index in [1.54, 1.807) is 0 Å². The van der Waals surface area contributed by atoms with E-state index in [1.807, 2.05) is 35.5 Å². The van der Waals surface area contributed by atoms with Crippen molar-refractivity contribution in [1.82, 2.24) is 15.3 Å². The average Bonchev–Trinajstić information content (AvgIpc) is 3.54. The fourth-order valence-electron chi connectivity index (χ4n) is 3.67. The monoisotopic (exact) mass is 519 g/mol. The third-order valence-electron chi connectivity index (χ3n) is 5.44. The summed E-state index contributed by atoms with van der Waals surface area (Å²) in [6.07, 6.45) is 8.11. The van der Waals surface area contributed by atoms with E-state index >= 15 is 0 Å². The largest absolute Gasteiger partial charge is 0.478 e. The third-order valence-corrected chi connectivity index (χ3v) is 5.66. The molecule has 0 aliphatic rings. The molecule has 0 fully saturated rings. The van der Waals surface area contributed by atoms with Crippen LogP contribution in [0.2, 0.25) is 0 Å². The SMILES string of the molecule is NC(=S)N(Cc1ccccc1)c1ccc2[nH]cc(CCNCc3cc[nH]c3)c2c1.O=C(O)/C=C\C(=O)O. The van der Waals surface area contributed by atoms with E-state index in [-0.39, 0.29) is 0 Å². The number of aromatic nitrogens is 2. The normalized spacial score (nSPS) is 10.7. The van der Waals surface area contributed by atoms with E-state index in [0.29, 0.717) is 23.8 Å². The Hall–Kier alpha value is -4.41. The highest BCUT2D eigenvalue weighted by Gasteiger charge is 2.13. The molecule has 2 aromatic heterocycles. The van der Waals surface area contributed by atoms with Gasteiger partial charge in [0.15, 0.2) is 5.11 Å². The van der Waals surface area contributed by atoms with Crippen LogP contribution in [0.4, 0.5) is 5.69 Å². The Labute approximate surface area is 219 Å².